The molecule has 4 aromatic rings. The second-order valence-electron chi connectivity index (χ2n) is 6.17. The Bertz CT molecular complexity index is 1180. The average molecular weight is 414 g/mol. The molecular weight excluding hydrogens is 401 g/mol. The van der Waals surface area contributed by atoms with Crippen LogP contribution in [0.25, 0.3) is 16.4 Å². The van der Waals surface area contributed by atoms with Gasteiger partial charge in [-0.05, 0) is 42.8 Å². The average Bonchev–Trinajstić information content (AvgIpc) is 3.31. The van der Waals surface area contributed by atoms with E-state index in [1.54, 1.807) is 24.0 Å². The van der Waals surface area contributed by atoms with Crippen molar-refractivity contribution in [3.05, 3.63) is 82.8 Å². The topological polar surface area (TPSA) is 59.8 Å². The van der Waals surface area contributed by atoms with Gasteiger partial charge in [0.05, 0.1) is 5.69 Å². The fraction of sp³-hybridized carbons (Fsp3) is 0.0500. The highest BCUT2D eigenvalue weighted by molar-refractivity contribution is 7.12. The van der Waals surface area contributed by atoms with E-state index in [2.05, 4.69) is 15.4 Å². The van der Waals surface area contributed by atoms with Gasteiger partial charge in [-0.2, -0.15) is 5.10 Å². The van der Waals surface area contributed by atoms with Crippen LogP contribution in [0, 0.1) is 24.4 Å². The highest BCUT2D eigenvalue weighted by Gasteiger charge is 2.19. The molecule has 0 aliphatic heterocycles. The highest BCUT2D eigenvalue weighted by atomic mass is 32.1. The van der Waals surface area contributed by atoms with Gasteiger partial charge in [-0.1, -0.05) is 6.07 Å². The standard InChI is InChI=1S/C20H13F3N4OS/c1-11-10-27(20-24-7-8-29-20)26-18(11)13-6-5-12(9-16(13)23)25-19(28)17-14(21)3-2-4-15(17)22/h2-10H,1H3,(H,25,28). The molecular formula is C20H13F3N4OS. The summed E-state index contributed by atoms with van der Waals surface area (Å²) in [7, 11) is 0. The van der Waals surface area contributed by atoms with Crippen LogP contribution in [0.4, 0.5) is 18.9 Å². The van der Waals surface area contributed by atoms with Gasteiger partial charge in [-0.3, -0.25) is 4.79 Å². The Balaban J connectivity index is 1.61. The number of carbonyl (C=O) groups is 1. The number of rotatable bonds is 4. The number of aromatic nitrogens is 3. The zero-order valence-electron chi connectivity index (χ0n) is 15.0. The lowest BCUT2D eigenvalue weighted by atomic mass is 10.1. The molecule has 146 valence electrons. The first-order valence-corrected chi connectivity index (χ1v) is 9.33. The van der Waals surface area contributed by atoms with Crippen molar-refractivity contribution < 1.29 is 18.0 Å². The van der Waals surface area contributed by atoms with Gasteiger partial charge in [0.2, 0.25) is 5.13 Å². The third kappa shape index (κ3) is 3.64. The maximum atomic E-state index is 14.7. The van der Waals surface area contributed by atoms with Gasteiger partial charge >= 0.3 is 0 Å². The first kappa shape index (κ1) is 18.9. The largest absolute Gasteiger partial charge is 0.322 e. The number of nitrogens with one attached hydrogen (secondary N) is 1. The Morgan fingerprint density at radius 1 is 1.10 bits per heavy atom. The Morgan fingerprint density at radius 2 is 1.86 bits per heavy atom. The Hall–Kier alpha value is -3.46. The smallest absolute Gasteiger partial charge is 0.261 e. The van der Waals surface area contributed by atoms with Gasteiger partial charge in [-0.25, -0.2) is 22.8 Å². The molecule has 9 heteroatoms. The summed E-state index contributed by atoms with van der Waals surface area (Å²) in [4.78, 5) is 16.3. The Kier molecular flexibility index (Phi) is 4.89. The fourth-order valence-corrected chi connectivity index (χ4v) is 3.41. The number of carbonyl (C=O) groups excluding carboxylic acids is 1. The van der Waals surface area contributed by atoms with E-state index < -0.39 is 28.9 Å². The van der Waals surface area contributed by atoms with Crippen molar-refractivity contribution in [3.63, 3.8) is 0 Å². The number of thiazole rings is 1. The van der Waals surface area contributed by atoms with Crippen LogP contribution in [0.15, 0.2) is 54.2 Å². The number of amides is 1. The molecule has 4 rings (SSSR count). The predicted octanol–water partition coefficient (Wildman–Crippen LogP) is 4.97. The number of benzene rings is 2. The van der Waals surface area contributed by atoms with Crippen LogP contribution < -0.4 is 5.32 Å². The van der Waals surface area contributed by atoms with E-state index in [1.165, 1.54) is 23.5 Å². The molecule has 0 fully saturated rings. The minimum Gasteiger partial charge on any atom is -0.322 e. The number of hydrogen-bond donors (Lipinski definition) is 1. The zero-order valence-corrected chi connectivity index (χ0v) is 15.8. The lowest BCUT2D eigenvalue weighted by Gasteiger charge is -2.09. The lowest BCUT2D eigenvalue weighted by Crippen LogP contribution is -2.16. The molecule has 0 unspecified atom stereocenters. The molecule has 5 nitrogen and oxygen atoms in total. The number of hydrogen-bond acceptors (Lipinski definition) is 4. The van der Waals surface area contributed by atoms with Crippen LogP contribution in [0.2, 0.25) is 0 Å². The molecule has 0 bridgehead atoms. The number of anilines is 1. The maximum Gasteiger partial charge on any atom is 0.261 e. The molecule has 0 spiro atoms. The molecule has 0 aliphatic rings. The maximum absolute atomic E-state index is 14.7. The summed E-state index contributed by atoms with van der Waals surface area (Å²) in [5.74, 6) is -3.63. The van der Waals surface area contributed by atoms with E-state index in [0.717, 1.165) is 29.8 Å². The third-order valence-corrected chi connectivity index (χ3v) is 4.95. The molecule has 2 aromatic heterocycles. The van der Waals surface area contributed by atoms with Crippen LogP contribution >= 0.6 is 11.3 Å². The van der Waals surface area contributed by atoms with Crippen LogP contribution in [0.5, 0.6) is 0 Å². The summed E-state index contributed by atoms with van der Waals surface area (Å²) in [6.07, 6.45) is 3.39. The van der Waals surface area contributed by atoms with Crippen molar-refractivity contribution in [2.45, 2.75) is 6.92 Å². The summed E-state index contributed by atoms with van der Waals surface area (Å²) in [5.41, 5.74) is 0.735. The van der Waals surface area contributed by atoms with Crippen molar-refractivity contribution in [1.82, 2.24) is 14.8 Å². The molecule has 0 atom stereocenters. The summed E-state index contributed by atoms with van der Waals surface area (Å²) >= 11 is 1.39. The highest BCUT2D eigenvalue weighted by Crippen LogP contribution is 2.28. The summed E-state index contributed by atoms with van der Waals surface area (Å²) in [6.45, 7) is 1.79. The number of halogens is 3. The summed E-state index contributed by atoms with van der Waals surface area (Å²) < 4.78 is 43.8. The SMILES string of the molecule is Cc1cn(-c2nccs2)nc1-c1ccc(NC(=O)c2c(F)cccc2F)cc1F. The van der Waals surface area contributed by atoms with Crippen LogP contribution in [-0.4, -0.2) is 20.7 Å². The molecule has 1 N–H and O–H groups in total. The van der Waals surface area contributed by atoms with E-state index in [9.17, 15) is 18.0 Å². The molecule has 0 aliphatic carbocycles. The van der Waals surface area contributed by atoms with Gasteiger partial charge in [0, 0.05) is 29.0 Å². The van der Waals surface area contributed by atoms with E-state index in [1.807, 2.05) is 5.38 Å². The minimum atomic E-state index is -1.00. The number of nitrogens with zero attached hydrogens (tertiary/aromatic N) is 3. The van der Waals surface area contributed by atoms with Gasteiger partial charge in [-0.15, -0.1) is 11.3 Å². The quantitative estimate of drug-likeness (QED) is 0.513. The second-order valence-corrected chi connectivity index (χ2v) is 7.04. The predicted molar refractivity (Wildman–Crippen MR) is 104 cm³/mol. The third-order valence-electron chi connectivity index (χ3n) is 4.18. The molecule has 0 saturated carbocycles. The van der Waals surface area contributed by atoms with Crippen LogP contribution in [-0.2, 0) is 0 Å². The molecule has 0 saturated heterocycles. The molecule has 2 heterocycles. The van der Waals surface area contributed by atoms with Crippen molar-refractivity contribution in [1.29, 1.82) is 0 Å². The van der Waals surface area contributed by atoms with Crippen molar-refractivity contribution in [2.75, 3.05) is 5.32 Å². The van der Waals surface area contributed by atoms with E-state index >= 15 is 0 Å². The van der Waals surface area contributed by atoms with Crippen LogP contribution in [0.3, 0.4) is 0 Å². The molecule has 1 amide bonds. The first-order chi connectivity index (χ1) is 13.9. The summed E-state index contributed by atoms with van der Waals surface area (Å²) in [5, 5.41) is 9.15. The monoisotopic (exact) mass is 414 g/mol. The molecule has 2 aromatic carbocycles. The van der Waals surface area contributed by atoms with Crippen molar-refractivity contribution in [2.24, 2.45) is 0 Å². The lowest BCUT2D eigenvalue weighted by molar-refractivity contribution is 0.101. The Morgan fingerprint density at radius 3 is 2.52 bits per heavy atom. The minimum absolute atomic E-state index is 0.0657. The normalized spacial score (nSPS) is 10.9. The second kappa shape index (κ2) is 7.51. The molecule has 29 heavy (non-hydrogen) atoms. The van der Waals surface area contributed by atoms with E-state index in [0.29, 0.717) is 10.8 Å². The molecule has 0 radical (unpaired) electrons. The van der Waals surface area contributed by atoms with Gasteiger partial charge < -0.3 is 5.32 Å². The van der Waals surface area contributed by atoms with Gasteiger partial charge in [0.1, 0.15) is 23.0 Å². The van der Waals surface area contributed by atoms with Gasteiger partial charge in [0.25, 0.3) is 5.91 Å². The van der Waals surface area contributed by atoms with Crippen molar-refractivity contribution in [3.8, 4) is 16.4 Å². The van der Waals surface area contributed by atoms with Crippen LogP contribution in [0.1, 0.15) is 15.9 Å². The first-order valence-electron chi connectivity index (χ1n) is 8.45. The van der Waals surface area contributed by atoms with E-state index in [-0.39, 0.29) is 11.3 Å². The Labute approximate surface area is 167 Å². The van der Waals surface area contributed by atoms with Gasteiger partial charge in [0.15, 0.2) is 0 Å². The fourth-order valence-electron chi connectivity index (χ4n) is 2.85. The van der Waals surface area contributed by atoms with E-state index in [4.69, 9.17) is 0 Å². The van der Waals surface area contributed by atoms with Crippen molar-refractivity contribution >= 4 is 22.9 Å². The zero-order chi connectivity index (χ0) is 20.5. The number of aryl methyl sites for hydroxylation is 1. The summed E-state index contributed by atoms with van der Waals surface area (Å²) in [6, 6.07) is 7.07.